The minimum absolute atomic E-state index is 0.0372. The quantitative estimate of drug-likeness (QED) is 0.136. The molecule has 0 aliphatic carbocycles. The largest absolute Gasteiger partial charge is 0.481 e. The maximum atomic E-state index is 13.2. The Balaban J connectivity index is 1.82. The summed E-state index contributed by atoms with van der Waals surface area (Å²) in [5.41, 5.74) is 2.32. The van der Waals surface area contributed by atoms with E-state index in [-0.39, 0.29) is 18.4 Å². The molecule has 0 heterocycles. The van der Waals surface area contributed by atoms with E-state index < -0.39 is 5.97 Å². The topological polar surface area (TPSA) is 72.8 Å². The van der Waals surface area contributed by atoms with E-state index in [1.165, 1.54) is 24.8 Å². The lowest BCUT2D eigenvalue weighted by Crippen LogP contribution is -2.19. The third-order valence-electron chi connectivity index (χ3n) is 7.29. The van der Waals surface area contributed by atoms with E-state index in [0.717, 1.165) is 56.9 Å². The summed E-state index contributed by atoms with van der Waals surface area (Å²) in [6, 6.07) is 20.4. The molecular formula is C34H50O5. The highest BCUT2D eigenvalue weighted by molar-refractivity contribution is 5.81. The van der Waals surface area contributed by atoms with Crippen molar-refractivity contribution in [3.8, 4) is 0 Å². The zero-order valence-corrected chi connectivity index (χ0v) is 24.0. The first-order valence-electron chi connectivity index (χ1n) is 15.1. The number of ketones is 1. The summed E-state index contributed by atoms with van der Waals surface area (Å²) < 4.78 is 12.1. The van der Waals surface area contributed by atoms with Crippen molar-refractivity contribution in [2.75, 3.05) is 6.61 Å². The molecule has 0 aliphatic heterocycles. The second-order valence-electron chi connectivity index (χ2n) is 10.6. The lowest BCUT2D eigenvalue weighted by Gasteiger charge is -2.20. The van der Waals surface area contributed by atoms with Crippen LogP contribution in [0.5, 0.6) is 0 Å². The Kier molecular flexibility index (Phi) is 17.9. The van der Waals surface area contributed by atoms with Crippen molar-refractivity contribution < 1.29 is 24.2 Å². The molecule has 0 fully saturated rings. The number of ether oxygens (including phenoxy) is 2. The Morgan fingerprint density at radius 1 is 0.692 bits per heavy atom. The average molecular weight is 539 g/mol. The number of Topliss-reactive ketones (excluding diaryl/α,β-unsaturated/α-hetero) is 1. The molecule has 2 rings (SSSR count). The number of carboxylic acid groups (broad SMARTS) is 1. The molecule has 5 heteroatoms. The summed E-state index contributed by atoms with van der Waals surface area (Å²) in [4.78, 5) is 23.9. The zero-order valence-electron chi connectivity index (χ0n) is 24.0. The fourth-order valence-corrected chi connectivity index (χ4v) is 4.94. The number of carboxylic acids is 1. The minimum Gasteiger partial charge on any atom is -0.481 e. The van der Waals surface area contributed by atoms with Gasteiger partial charge in [0, 0.05) is 18.8 Å². The van der Waals surface area contributed by atoms with Gasteiger partial charge in [0.05, 0.1) is 25.9 Å². The van der Waals surface area contributed by atoms with Gasteiger partial charge in [-0.05, 0) is 43.2 Å². The number of aliphatic carboxylic acids is 1. The number of carbonyl (C=O) groups excluding carboxylic acids is 1. The Hall–Kier alpha value is -2.50. The first-order valence-corrected chi connectivity index (χ1v) is 15.1. The van der Waals surface area contributed by atoms with Crippen LogP contribution in [-0.4, -0.2) is 29.6 Å². The second-order valence-corrected chi connectivity index (χ2v) is 10.6. The molecule has 0 bridgehead atoms. The molecule has 0 amide bonds. The van der Waals surface area contributed by atoms with Crippen molar-refractivity contribution in [1.29, 1.82) is 0 Å². The molecule has 0 saturated carbocycles. The highest BCUT2D eigenvalue weighted by Crippen LogP contribution is 2.23. The molecule has 0 saturated heterocycles. The number of benzene rings is 2. The number of carbonyl (C=O) groups is 2. The predicted molar refractivity (Wildman–Crippen MR) is 158 cm³/mol. The van der Waals surface area contributed by atoms with Crippen LogP contribution in [0, 0.1) is 5.92 Å². The van der Waals surface area contributed by atoms with Gasteiger partial charge in [-0.1, -0.05) is 113 Å². The van der Waals surface area contributed by atoms with E-state index in [4.69, 9.17) is 14.6 Å². The normalized spacial score (nSPS) is 12.7. The highest BCUT2D eigenvalue weighted by Gasteiger charge is 2.19. The van der Waals surface area contributed by atoms with Crippen LogP contribution in [0.2, 0.25) is 0 Å². The van der Waals surface area contributed by atoms with Gasteiger partial charge < -0.3 is 14.6 Å². The van der Waals surface area contributed by atoms with Crippen molar-refractivity contribution in [2.45, 2.75) is 116 Å². The molecule has 2 atom stereocenters. The van der Waals surface area contributed by atoms with Gasteiger partial charge >= 0.3 is 5.97 Å². The van der Waals surface area contributed by atoms with E-state index in [0.29, 0.717) is 38.4 Å². The van der Waals surface area contributed by atoms with Crippen molar-refractivity contribution >= 4 is 11.8 Å². The van der Waals surface area contributed by atoms with Gasteiger partial charge in [0.25, 0.3) is 0 Å². The van der Waals surface area contributed by atoms with Gasteiger partial charge in [-0.25, -0.2) is 0 Å². The predicted octanol–water partition coefficient (Wildman–Crippen LogP) is 8.54. The maximum absolute atomic E-state index is 13.2. The smallest absolute Gasteiger partial charge is 0.303 e. The van der Waals surface area contributed by atoms with Gasteiger partial charge in [0.1, 0.15) is 5.78 Å². The van der Waals surface area contributed by atoms with E-state index in [2.05, 4.69) is 19.1 Å². The zero-order chi connectivity index (χ0) is 28.0. The van der Waals surface area contributed by atoms with Crippen LogP contribution in [0.3, 0.4) is 0 Å². The van der Waals surface area contributed by atoms with Crippen molar-refractivity contribution in [2.24, 2.45) is 5.92 Å². The third-order valence-corrected chi connectivity index (χ3v) is 7.29. The molecule has 2 aromatic carbocycles. The Morgan fingerprint density at radius 2 is 1.28 bits per heavy atom. The fourth-order valence-electron chi connectivity index (χ4n) is 4.94. The van der Waals surface area contributed by atoms with E-state index in [1.807, 2.05) is 48.5 Å². The molecule has 0 spiro atoms. The van der Waals surface area contributed by atoms with Crippen LogP contribution in [0.15, 0.2) is 60.7 Å². The van der Waals surface area contributed by atoms with Crippen LogP contribution in [0.1, 0.15) is 108 Å². The number of hydrogen-bond donors (Lipinski definition) is 1. The standard InChI is InChI=1S/C34H50O5/c1-2-3-8-22-32(39-28-30-18-11-7-12-19-30)23-15-21-31(20-13-4-5-14-24-34(36)37)33(35)25-26-38-27-29-16-9-6-10-17-29/h6-7,9-12,16-19,31-32H,2-5,8,13-15,20-28H2,1H3,(H,36,37). The first kappa shape index (κ1) is 32.7. The van der Waals surface area contributed by atoms with Crippen molar-refractivity contribution in [3.05, 3.63) is 71.8 Å². The lowest BCUT2D eigenvalue weighted by atomic mass is 9.89. The highest BCUT2D eigenvalue weighted by atomic mass is 16.5. The summed E-state index contributed by atoms with van der Waals surface area (Å²) in [7, 11) is 0. The molecule has 0 aliphatic rings. The van der Waals surface area contributed by atoms with Gasteiger partial charge in [-0.3, -0.25) is 9.59 Å². The molecule has 39 heavy (non-hydrogen) atoms. The molecule has 216 valence electrons. The van der Waals surface area contributed by atoms with E-state index in [1.54, 1.807) is 0 Å². The first-order chi connectivity index (χ1) is 19.1. The van der Waals surface area contributed by atoms with Crippen LogP contribution in [0.4, 0.5) is 0 Å². The fraction of sp³-hybridized carbons (Fsp3) is 0.588. The molecular weight excluding hydrogens is 488 g/mol. The maximum Gasteiger partial charge on any atom is 0.303 e. The summed E-state index contributed by atoms with van der Waals surface area (Å²) in [5.74, 6) is -0.405. The summed E-state index contributed by atoms with van der Waals surface area (Å²) in [6.45, 7) is 3.83. The Bertz CT molecular complexity index is 883. The summed E-state index contributed by atoms with van der Waals surface area (Å²) in [6.07, 6.45) is 12.8. The van der Waals surface area contributed by atoms with Crippen molar-refractivity contribution in [1.82, 2.24) is 0 Å². The summed E-state index contributed by atoms with van der Waals surface area (Å²) in [5, 5.41) is 8.85. The molecule has 5 nitrogen and oxygen atoms in total. The van der Waals surface area contributed by atoms with Crippen molar-refractivity contribution in [3.63, 3.8) is 0 Å². The third kappa shape index (κ3) is 16.3. The van der Waals surface area contributed by atoms with Gasteiger partial charge in [-0.2, -0.15) is 0 Å². The Labute approximate surface area is 236 Å². The van der Waals surface area contributed by atoms with Crippen LogP contribution >= 0.6 is 0 Å². The molecule has 0 radical (unpaired) electrons. The number of rotatable bonds is 24. The lowest BCUT2D eigenvalue weighted by molar-refractivity contribution is -0.137. The molecule has 1 N–H and O–H groups in total. The SMILES string of the molecule is CCCCCC(CCCC(CCCCCCC(=O)O)C(=O)CCOCc1ccccc1)OCc1ccccc1. The van der Waals surface area contributed by atoms with Crippen LogP contribution in [-0.2, 0) is 32.3 Å². The molecule has 2 aromatic rings. The molecule has 2 unspecified atom stereocenters. The van der Waals surface area contributed by atoms with Crippen LogP contribution in [0.25, 0.3) is 0 Å². The van der Waals surface area contributed by atoms with E-state index in [9.17, 15) is 9.59 Å². The minimum atomic E-state index is -0.735. The number of unbranched alkanes of at least 4 members (excludes halogenated alkanes) is 5. The second kappa shape index (κ2) is 21.3. The number of hydrogen-bond acceptors (Lipinski definition) is 4. The summed E-state index contributed by atoms with van der Waals surface area (Å²) >= 11 is 0. The van der Waals surface area contributed by atoms with Gasteiger partial charge in [0.15, 0.2) is 0 Å². The van der Waals surface area contributed by atoms with Crippen LogP contribution < -0.4 is 0 Å². The van der Waals surface area contributed by atoms with E-state index >= 15 is 0 Å². The molecule has 0 aromatic heterocycles. The Morgan fingerprint density at radius 3 is 1.95 bits per heavy atom. The van der Waals surface area contributed by atoms with Gasteiger partial charge in [-0.15, -0.1) is 0 Å². The monoisotopic (exact) mass is 538 g/mol. The average Bonchev–Trinajstić information content (AvgIpc) is 2.95. The van der Waals surface area contributed by atoms with Gasteiger partial charge in [0.2, 0.25) is 0 Å².